The Morgan fingerprint density at radius 2 is 1.96 bits per heavy atom. The number of halogens is 1. The first kappa shape index (κ1) is 18.0. The Labute approximate surface area is 171 Å². The molecule has 0 aliphatic carbocycles. The first-order valence-electron chi connectivity index (χ1n) is 8.94. The Morgan fingerprint density at radius 3 is 2.70 bits per heavy atom. The van der Waals surface area contributed by atoms with Gasteiger partial charge in [-0.05, 0) is 65.6 Å². The van der Waals surface area contributed by atoms with Crippen molar-refractivity contribution in [1.82, 2.24) is 14.9 Å². The number of carbonyl (C=O) groups is 1. The fourth-order valence-electron chi connectivity index (χ4n) is 3.58. The van der Waals surface area contributed by atoms with Gasteiger partial charge in [-0.15, -0.1) is 0 Å². The lowest BCUT2D eigenvalue weighted by molar-refractivity contribution is 0.139. The summed E-state index contributed by atoms with van der Waals surface area (Å²) in [4.78, 5) is 20.7. The maximum Gasteiger partial charge on any atom is 0.407 e. The second-order valence-corrected chi connectivity index (χ2v) is 8.04. The van der Waals surface area contributed by atoms with E-state index >= 15 is 0 Å². The Balaban J connectivity index is 1.67. The second-order valence-electron chi connectivity index (χ2n) is 6.88. The molecule has 1 saturated heterocycles. The minimum absolute atomic E-state index is 0.184. The zero-order valence-electron chi connectivity index (χ0n) is 14.9. The number of benzene rings is 2. The third kappa shape index (κ3) is 3.58. The van der Waals surface area contributed by atoms with Crippen LogP contribution in [0.1, 0.15) is 30.3 Å². The van der Waals surface area contributed by atoms with Crippen molar-refractivity contribution in [3.8, 4) is 22.4 Å². The third-order valence-electron chi connectivity index (χ3n) is 5.05. The number of rotatable bonds is 3. The molecular formula is C21H20IN3O2. The largest absolute Gasteiger partial charge is 0.465 e. The molecule has 1 aliphatic heterocycles. The van der Waals surface area contributed by atoms with Gasteiger partial charge >= 0.3 is 6.09 Å². The molecule has 1 aliphatic rings. The van der Waals surface area contributed by atoms with Gasteiger partial charge in [0.05, 0.1) is 17.9 Å². The molecule has 138 valence electrons. The Morgan fingerprint density at radius 1 is 1.22 bits per heavy atom. The van der Waals surface area contributed by atoms with Crippen molar-refractivity contribution in [3.63, 3.8) is 0 Å². The van der Waals surface area contributed by atoms with Gasteiger partial charge in [0, 0.05) is 15.7 Å². The van der Waals surface area contributed by atoms with Crippen LogP contribution in [-0.2, 0) is 0 Å². The summed E-state index contributed by atoms with van der Waals surface area (Å²) in [6.45, 7) is 2.65. The van der Waals surface area contributed by atoms with Crippen LogP contribution in [0.3, 0.4) is 0 Å². The molecule has 1 aromatic heterocycles. The van der Waals surface area contributed by atoms with Crippen LogP contribution in [0.25, 0.3) is 22.4 Å². The van der Waals surface area contributed by atoms with Gasteiger partial charge in [-0.25, -0.2) is 9.78 Å². The number of aromatic nitrogens is 2. The van der Waals surface area contributed by atoms with E-state index in [4.69, 9.17) is 0 Å². The lowest BCUT2D eigenvalue weighted by Crippen LogP contribution is -2.29. The number of imidazole rings is 1. The van der Waals surface area contributed by atoms with E-state index in [1.54, 1.807) is 6.20 Å². The summed E-state index contributed by atoms with van der Waals surface area (Å²) in [5.41, 5.74) is 5.55. The fraction of sp³-hybridized carbons (Fsp3) is 0.238. The van der Waals surface area contributed by atoms with Crippen molar-refractivity contribution in [2.75, 3.05) is 6.54 Å². The highest BCUT2D eigenvalue weighted by atomic mass is 127. The number of likely N-dealkylation sites (tertiary alicyclic amines) is 1. The average Bonchev–Trinajstić information content (AvgIpc) is 3.32. The van der Waals surface area contributed by atoms with E-state index in [-0.39, 0.29) is 6.04 Å². The molecule has 1 atom stereocenters. The molecule has 6 heteroatoms. The van der Waals surface area contributed by atoms with Crippen LogP contribution in [0.2, 0.25) is 0 Å². The molecule has 0 unspecified atom stereocenters. The number of hydrogen-bond donors (Lipinski definition) is 2. The van der Waals surface area contributed by atoms with Gasteiger partial charge < -0.3 is 10.1 Å². The predicted molar refractivity (Wildman–Crippen MR) is 114 cm³/mol. The van der Waals surface area contributed by atoms with Crippen LogP contribution < -0.4 is 0 Å². The highest BCUT2D eigenvalue weighted by molar-refractivity contribution is 14.1. The van der Waals surface area contributed by atoms with E-state index in [1.807, 2.05) is 0 Å². The van der Waals surface area contributed by atoms with E-state index in [0.717, 1.165) is 29.9 Å². The van der Waals surface area contributed by atoms with Crippen molar-refractivity contribution < 1.29 is 9.90 Å². The molecule has 1 fully saturated rings. The molecule has 4 rings (SSSR count). The number of aryl methyl sites for hydroxylation is 1. The molecule has 2 aromatic carbocycles. The van der Waals surface area contributed by atoms with E-state index < -0.39 is 6.09 Å². The van der Waals surface area contributed by atoms with Gasteiger partial charge in [0.2, 0.25) is 0 Å². The molecule has 5 nitrogen and oxygen atoms in total. The van der Waals surface area contributed by atoms with Crippen LogP contribution in [-0.4, -0.2) is 32.6 Å². The standard InChI is InChI=1S/C21H20IN3O2/c1-13-4-6-14(7-5-13)16-11-15(8-9-17(16)22)18-12-23-20(24-18)19-3-2-10-25(19)21(26)27/h4-9,11-12,19H,2-3,10H2,1H3,(H,23,24)(H,26,27)/t19-/m0/s1. The average molecular weight is 473 g/mol. The minimum atomic E-state index is -0.883. The first-order chi connectivity index (χ1) is 13.0. The van der Waals surface area contributed by atoms with E-state index in [1.165, 1.54) is 25.2 Å². The van der Waals surface area contributed by atoms with Crippen LogP contribution in [0.15, 0.2) is 48.7 Å². The molecule has 2 N–H and O–H groups in total. The monoisotopic (exact) mass is 473 g/mol. The Kier molecular flexibility index (Phi) is 4.90. The molecule has 0 bridgehead atoms. The fourth-order valence-corrected chi connectivity index (χ4v) is 4.23. The molecule has 0 saturated carbocycles. The zero-order valence-corrected chi connectivity index (χ0v) is 17.1. The number of aromatic amines is 1. The van der Waals surface area contributed by atoms with Crippen molar-refractivity contribution >= 4 is 28.7 Å². The minimum Gasteiger partial charge on any atom is -0.465 e. The second kappa shape index (κ2) is 7.34. The molecule has 3 aromatic rings. The van der Waals surface area contributed by atoms with Gasteiger partial charge in [-0.3, -0.25) is 4.90 Å². The number of amides is 1. The highest BCUT2D eigenvalue weighted by Gasteiger charge is 2.31. The van der Waals surface area contributed by atoms with Crippen molar-refractivity contribution in [2.24, 2.45) is 0 Å². The van der Waals surface area contributed by atoms with Crippen molar-refractivity contribution in [3.05, 3.63) is 63.6 Å². The summed E-state index contributed by atoms with van der Waals surface area (Å²) in [5, 5.41) is 9.36. The quantitative estimate of drug-likeness (QED) is 0.496. The normalized spacial score (nSPS) is 16.7. The number of nitrogens with zero attached hydrogens (tertiary/aromatic N) is 2. The number of H-pyrrole nitrogens is 1. The van der Waals surface area contributed by atoms with Gasteiger partial charge in [-0.1, -0.05) is 35.9 Å². The number of nitrogens with one attached hydrogen (secondary N) is 1. The van der Waals surface area contributed by atoms with Crippen molar-refractivity contribution in [2.45, 2.75) is 25.8 Å². The summed E-state index contributed by atoms with van der Waals surface area (Å²) in [5.74, 6) is 0.723. The number of carboxylic acid groups (broad SMARTS) is 1. The third-order valence-corrected chi connectivity index (χ3v) is 5.99. The van der Waals surface area contributed by atoms with Gasteiger partial charge in [0.25, 0.3) is 0 Å². The van der Waals surface area contributed by atoms with Gasteiger partial charge in [0.15, 0.2) is 0 Å². The van der Waals surface area contributed by atoms with Gasteiger partial charge in [-0.2, -0.15) is 0 Å². The van der Waals surface area contributed by atoms with Crippen LogP contribution >= 0.6 is 22.6 Å². The summed E-state index contributed by atoms with van der Waals surface area (Å²) in [7, 11) is 0. The maximum absolute atomic E-state index is 11.4. The smallest absolute Gasteiger partial charge is 0.407 e. The topological polar surface area (TPSA) is 69.2 Å². The summed E-state index contributed by atoms with van der Waals surface area (Å²) >= 11 is 2.36. The summed E-state index contributed by atoms with van der Waals surface area (Å²) in [6.07, 6.45) is 2.59. The SMILES string of the molecule is Cc1ccc(-c2cc(-c3cnc([C@@H]4CCCN4C(=O)O)[nH]3)ccc2I)cc1. The van der Waals surface area contributed by atoms with Crippen LogP contribution in [0, 0.1) is 10.5 Å². The van der Waals surface area contributed by atoms with E-state index in [2.05, 4.69) is 81.9 Å². The lowest BCUT2D eigenvalue weighted by atomic mass is 10.0. The van der Waals surface area contributed by atoms with E-state index in [0.29, 0.717) is 6.54 Å². The molecule has 2 heterocycles. The highest BCUT2D eigenvalue weighted by Crippen LogP contribution is 2.33. The van der Waals surface area contributed by atoms with Crippen molar-refractivity contribution in [1.29, 1.82) is 0 Å². The molecule has 1 amide bonds. The Bertz CT molecular complexity index is 981. The molecule has 0 radical (unpaired) electrons. The molecule has 27 heavy (non-hydrogen) atoms. The number of hydrogen-bond acceptors (Lipinski definition) is 2. The van der Waals surface area contributed by atoms with Crippen LogP contribution in [0.5, 0.6) is 0 Å². The Hall–Kier alpha value is -2.35. The summed E-state index contributed by atoms with van der Waals surface area (Å²) < 4.78 is 1.19. The summed E-state index contributed by atoms with van der Waals surface area (Å²) in [6, 6.07) is 14.7. The van der Waals surface area contributed by atoms with Crippen LogP contribution in [0.4, 0.5) is 4.79 Å². The maximum atomic E-state index is 11.4. The first-order valence-corrected chi connectivity index (χ1v) is 10.0. The molecular weight excluding hydrogens is 453 g/mol. The lowest BCUT2D eigenvalue weighted by Gasteiger charge is -2.19. The van der Waals surface area contributed by atoms with Gasteiger partial charge in [0.1, 0.15) is 5.82 Å². The zero-order chi connectivity index (χ0) is 19.0. The van der Waals surface area contributed by atoms with E-state index in [9.17, 15) is 9.90 Å². The molecule has 0 spiro atoms. The predicted octanol–water partition coefficient (Wildman–Crippen LogP) is 5.47.